The Kier molecular flexibility index (Phi) is 8.64. The van der Waals surface area contributed by atoms with Gasteiger partial charge in [-0.2, -0.15) is 10.2 Å². The van der Waals surface area contributed by atoms with Crippen LogP contribution in [0.4, 0.5) is 20.3 Å². The second kappa shape index (κ2) is 13.2. The Bertz CT molecular complexity index is 1790. The second-order valence-corrected chi connectivity index (χ2v) is 12.1. The van der Waals surface area contributed by atoms with E-state index in [-0.39, 0.29) is 35.0 Å². The second-order valence-electron chi connectivity index (χ2n) is 12.1. The van der Waals surface area contributed by atoms with Crippen molar-refractivity contribution in [3.8, 4) is 0 Å². The highest BCUT2D eigenvalue weighted by molar-refractivity contribution is 6.08. The van der Waals surface area contributed by atoms with Crippen LogP contribution in [-0.4, -0.2) is 86.4 Å². The van der Waals surface area contributed by atoms with Gasteiger partial charge in [0.15, 0.2) is 11.3 Å². The Morgan fingerprint density at radius 3 is 2.66 bits per heavy atom. The maximum Gasteiger partial charge on any atom is 0.284 e. The van der Waals surface area contributed by atoms with Crippen molar-refractivity contribution in [1.29, 1.82) is 0 Å². The number of likely N-dealkylation sites (tertiary alicyclic amines) is 1. The molecule has 7 rings (SSSR count). The molecule has 246 valence electrons. The minimum Gasteiger partial charge on any atom is -0.378 e. The molecule has 13 nitrogen and oxygen atoms in total. The first-order valence-electron chi connectivity index (χ1n) is 15.8. The number of piperidine rings is 2. The number of morpholine rings is 1. The van der Waals surface area contributed by atoms with E-state index in [4.69, 9.17) is 4.74 Å². The van der Waals surface area contributed by atoms with Gasteiger partial charge in [0.05, 0.1) is 37.1 Å². The summed E-state index contributed by atoms with van der Waals surface area (Å²) in [6.07, 6.45) is 3.91. The summed E-state index contributed by atoms with van der Waals surface area (Å²) in [6.45, 7) is 4.63. The molecule has 0 aliphatic carbocycles. The third-order valence-electron chi connectivity index (χ3n) is 9.08. The summed E-state index contributed by atoms with van der Waals surface area (Å²) < 4.78 is 36.7. The van der Waals surface area contributed by atoms with Crippen molar-refractivity contribution in [1.82, 2.24) is 34.6 Å². The van der Waals surface area contributed by atoms with E-state index in [9.17, 15) is 23.2 Å². The third-order valence-corrected chi connectivity index (χ3v) is 9.08. The number of alkyl halides is 2. The fraction of sp³-hybridized carbons (Fsp3) is 0.438. The monoisotopic (exact) mass is 647 g/mol. The third kappa shape index (κ3) is 6.58. The van der Waals surface area contributed by atoms with Crippen molar-refractivity contribution < 1.29 is 27.9 Å². The SMILES string of the molecule is O=C1CCC(c2cccc(CN3CCC(n4cc(NC(=O)c5cnn6ccc(N7CCOCC7)nc56)c(C(F)F)n4)CC3)c2)C(=O)N1. The zero-order chi connectivity index (χ0) is 32.5. The van der Waals surface area contributed by atoms with Crippen LogP contribution in [0, 0.1) is 0 Å². The average Bonchev–Trinajstić information content (AvgIpc) is 3.70. The molecule has 47 heavy (non-hydrogen) atoms. The zero-order valence-electron chi connectivity index (χ0n) is 25.6. The van der Waals surface area contributed by atoms with Crippen molar-refractivity contribution in [2.45, 2.75) is 50.6 Å². The van der Waals surface area contributed by atoms with Gasteiger partial charge < -0.3 is 15.0 Å². The summed E-state index contributed by atoms with van der Waals surface area (Å²) in [5, 5.41) is 13.5. The molecule has 3 aliphatic heterocycles. The van der Waals surface area contributed by atoms with Crippen molar-refractivity contribution in [3.63, 3.8) is 0 Å². The first-order valence-corrected chi connectivity index (χ1v) is 15.8. The van der Waals surface area contributed by atoms with E-state index < -0.39 is 18.0 Å². The van der Waals surface area contributed by atoms with Crippen molar-refractivity contribution in [2.24, 2.45) is 0 Å². The lowest BCUT2D eigenvalue weighted by Gasteiger charge is -2.32. The van der Waals surface area contributed by atoms with E-state index >= 15 is 0 Å². The molecule has 0 radical (unpaired) electrons. The molecular weight excluding hydrogens is 612 g/mol. The molecule has 3 aromatic heterocycles. The fourth-order valence-electron chi connectivity index (χ4n) is 6.55. The van der Waals surface area contributed by atoms with Gasteiger partial charge in [-0.1, -0.05) is 24.3 Å². The number of amides is 3. The van der Waals surface area contributed by atoms with E-state index in [1.54, 1.807) is 10.9 Å². The van der Waals surface area contributed by atoms with Crippen LogP contribution >= 0.6 is 0 Å². The van der Waals surface area contributed by atoms with Crippen LogP contribution < -0.4 is 15.5 Å². The topological polar surface area (TPSA) is 139 Å². The van der Waals surface area contributed by atoms with Gasteiger partial charge in [-0.15, -0.1) is 0 Å². The van der Waals surface area contributed by atoms with Crippen molar-refractivity contribution in [2.75, 3.05) is 49.6 Å². The quantitative estimate of drug-likeness (QED) is 0.276. The summed E-state index contributed by atoms with van der Waals surface area (Å²) >= 11 is 0. The largest absolute Gasteiger partial charge is 0.378 e. The molecule has 0 bridgehead atoms. The number of benzene rings is 1. The molecule has 3 fully saturated rings. The normalized spacial score (nSPS) is 19.8. The lowest BCUT2D eigenvalue weighted by Crippen LogP contribution is -2.39. The van der Waals surface area contributed by atoms with Gasteiger partial charge in [0.25, 0.3) is 12.3 Å². The number of hydrogen-bond acceptors (Lipinski definition) is 9. The van der Waals surface area contributed by atoms with Gasteiger partial charge in [-0.3, -0.25) is 29.3 Å². The highest BCUT2D eigenvalue weighted by Crippen LogP contribution is 2.32. The number of hydrogen-bond donors (Lipinski definition) is 2. The Balaban J connectivity index is 1.00. The van der Waals surface area contributed by atoms with E-state index in [1.165, 1.54) is 16.9 Å². The molecule has 1 unspecified atom stereocenters. The van der Waals surface area contributed by atoms with Crippen molar-refractivity contribution in [3.05, 3.63) is 71.3 Å². The number of anilines is 2. The fourth-order valence-corrected chi connectivity index (χ4v) is 6.55. The molecule has 15 heteroatoms. The van der Waals surface area contributed by atoms with Crippen LogP contribution in [0.25, 0.3) is 5.65 Å². The molecule has 1 atom stereocenters. The molecule has 3 aliphatic rings. The predicted molar refractivity (Wildman–Crippen MR) is 166 cm³/mol. The summed E-state index contributed by atoms with van der Waals surface area (Å²) in [7, 11) is 0. The number of halogens is 2. The van der Waals surface area contributed by atoms with Crippen LogP contribution in [0.15, 0.2) is 48.9 Å². The number of ether oxygens (including phenoxy) is 1. The Morgan fingerprint density at radius 1 is 1.09 bits per heavy atom. The highest BCUT2D eigenvalue weighted by atomic mass is 19.3. The van der Waals surface area contributed by atoms with E-state index in [0.717, 1.165) is 24.2 Å². The van der Waals surface area contributed by atoms with Gasteiger partial charge >= 0.3 is 0 Å². The molecule has 2 N–H and O–H groups in total. The van der Waals surface area contributed by atoms with E-state index in [2.05, 4.69) is 35.6 Å². The first-order chi connectivity index (χ1) is 22.8. The number of imide groups is 1. The van der Waals surface area contributed by atoms with Gasteiger partial charge in [0.2, 0.25) is 11.8 Å². The van der Waals surface area contributed by atoms with Gasteiger partial charge in [0, 0.05) is 51.5 Å². The number of carbonyl (C=O) groups is 3. The van der Waals surface area contributed by atoms with Crippen LogP contribution in [0.5, 0.6) is 0 Å². The number of fused-ring (bicyclic) bond motifs is 1. The Morgan fingerprint density at radius 2 is 1.89 bits per heavy atom. The zero-order valence-corrected chi connectivity index (χ0v) is 25.6. The predicted octanol–water partition coefficient (Wildman–Crippen LogP) is 3.31. The molecule has 3 saturated heterocycles. The number of rotatable bonds is 8. The lowest BCUT2D eigenvalue weighted by molar-refractivity contribution is -0.134. The number of nitrogens with zero attached hydrogens (tertiary/aromatic N) is 7. The van der Waals surface area contributed by atoms with Gasteiger partial charge in [-0.25, -0.2) is 18.3 Å². The molecular formula is C32H35F2N9O4. The minimum atomic E-state index is -2.88. The molecule has 1 aromatic carbocycles. The minimum absolute atomic E-state index is 0.0404. The average molecular weight is 648 g/mol. The van der Waals surface area contributed by atoms with Crippen LogP contribution in [0.3, 0.4) is 0 Å². The molecule has 3 amide bonds. The number of aromatic nitrogens is 5. The first kappa shape index (κ1) is 30.9. The van der Waals surface area contributed by atoms with Crippen LogP contribution in [0.2, 0.25) is 0 Å². The molecule has 0 saturated carbocycles. The lowest BCUT2D eigenvalue weighted by atomic mass is 9.89. The maximum atomic E-state index is 14.1. The Hall–Kier alpha value is -4.76. The molecule has 6 heterocycles. The van der Waals surface area contributed by atoms with E-state index in [0.29, 0.717) is 70.0 Å². The highest BCUT2D eigenvalue weighted by Gasteiger charge is 2.29. The molecule has 4 aromatic rings. The van der Waals surface area contributed by atoms with Crippen LogP contribution in [-0.2, 0) is 20.9 Å². The molecule has 0 spiro atoms. The summed E-state index contributed by atoms with van der Waals surface area (Å²) in [4.78, 5) is 46.2. The summed E-state index contributed by atoms with van der Waals surface area (Å²) in [6, 6.07) is 9.58. The Labute approximate surface area is 268 Å². The number of nitrogens with one attached hydrogen (secondary N) is 2. The van der Waals surface area contributed by atoms with Gasteiger partial charge in [-0.05, 0) is 36.5 Å². The van der Waals surface area contributed by atoms with Gasteiger partial charge in [0.1, 0.15) is 11.4 Å². The van der Waals surface area contributed by atoms with Crippen molar-refractivity contribution >= 4 is 34.9 Å². The van der Waals surface area contributed by atoms with E-state index in [1.807, 2.05) is 30.3 Å². The summed E-state index contributed by atoms with van der Waals surface area (Å²) in [5.41, 5.74) is 1.93. The summed E-state index contributed by atoms with van der Waals surface area (Å²) in [5.74, 6) is -0.744. The van der Waals surface area contributed by atoms with Crippen LogP contribution in [0.1, 0.15) is 71.2 Å². The maximum absolute atomic E-state index is 14.1. The standard InChI is InChI=1S/C32H35F2N9O4/c33-29(34)28-25(36-32(46)24-17-35-42-11-8-26(37-30(24)42)41-12-14-47-15-13-41)19-43(39-28)22-6-9-40(10-7-22)18-20-2-1-3-21(16-20)23-4-5-27(44)38-31(23)45/h1-3,8,11,16-17,19,22-23,29H,4-7,9-10,12-15,18H2,(H,36,46)(H,38,44,45). The number of carbonyl (C=O) groups excluding carboxylic acids is 3. The smallest absolute Gasteiger partial charge is 0.284 e.